The van der Waals surface area contributed by atoms with Gasteiger partial charge in [0.2, 0.25) is 10.0 Å². The van der Waals surface area contributed by atoms with Crippen LogP contribution in [0.15, 0.2) is 71.6 Å². The van der Waals surface area contributed by atoms with Crippen LogP contribution in [0.3, 0.4) is 0 Å². The van der Waals surface area contributed by atoms with E-state index in [-0.39, 0.29) is 10.9 Å². The SMILES string of the molecule is O=C(O)N1CCC(NS(=O)(=O)c2ccc(CNCc3ccccc3)c3ccccc23)CC1. The molecule has 1 amide bonds. The summed E-state index contributed by atoms with van der Waals surface area (Å²) in [5, 5.41) is 14.1. The molecular weight excluding hydrogens is 426 g/mol. The van der Waals surface area contributed by atoms with E-state index in [1.807, 2.05) is 48.5 Å². The van der Waals surface area contributed by atoms with Gasteiger partial charge in [-0.1, -0.05) is 60.7 Å². The minimum atomic E-state index is -3.74. The zero-order chi connectivity index (χ0) is 22.6. The van der Waals surface area contributed by atoms with Crippen LogP contribution in [0.2, 0.25) is 0 Å². The Morgan fingerprint density at radius 2 is 1.56 bits per heavy atom. The second-order valence-electron chi connectivity index (χ2n) is 8.02. The molecule has 3 aromatic rings. The van der Waals surface area contributed by atoms with Crippen molar-refractivity contribution in [1.82, 2.24) is 14.9 Å². The van der Waals surface area contributed by atoms with Gasteiger partial charge in [0.05, 0.1) is 4.90 Å². The van der Waals surface area contributed by atoms with E-state index in [0.717, 1.165) is 17.5 Å². The van der Waals surface area contributed by atoms with Gasteiger partial charge in [-0.3, -0.25) is 0 Å². The van der Waals surface area contributed by atoms with Gasteiger partial charge in [-0.25, -0.2) is 17.9 Å². The Morgan fingerprint density at radius 1 is 0.906 bits per heavy atom. The molecule has 0 aromatic heterocycles. The van der Waals surface area contributed by atoms with Crippen LogP contribution in [0.1, 0.15) is 24.0 Å². The predicted molar refractivity (Wildman–Crippen MR) is 124 cm³/mol. The first-order valence-electron chi connectivity index (χ1n) is 10.7. The molecule has 1 fully saturated rings. The van der Waals surface area contributed by atoms with Crippen LogP contribution in [0, 0.1) is 0 Å². The van der Waals surface area contributed by atoms with Gasteiger partial charge in [-0.15, -0.1) is 0 Å². The summed E-state index contributed by atoms with van der Waals surface area (Å²) in [4.78, 5) is 12.7. The van der Waals surface area contributed by atoms with Gasteiger partial charge < -0.3 is 15.3 Å². The van der Waals surface area contributed by atoms with E-state index >= 15 is 0 Å². The van der Waals surface area contributed by atoms with Crippen molar-refractivity contribution >= 4 is 26.9 Å². The molecular formula is C24H27N3O4S. The average molecular weight is 454 g/mol. The summed E-state index contributed by atoms with van der Waals surface area (Å²) in [6, 6.07) is 20.9. The summed E-state index contributed by atoms with van der Waals surface area (Å²) in [5.74, 6) is 0. The number of fused-ring (bicyclic) bond motifs is 1. The fourth-order valence-corrected chi connectivity index (χ4v) is 5.65. The Kier molecular flexibility index (Phi) is 6.74. The molecule has 0 aliphatic carbocycles. The van der Waals surface area contributed by atoms with Crippen molar-refractivity contribution < 1.29 is 18.3 Å². The summed E-state index contributed by atoms with van der Waals surface area (Å²) < 4.78 is 29.2. The molecule has 0 atom stereocenters. The quantitative estimate of drug-likeness (QED) is 0.508. The number of nitrogens with one attached hydrogen (secondary N) is 2. The van der Waals surface area contributed by atoms with Crippen molar-refractivity contribution in [3.05, 3.63) is 77.9 Å². The zero-order valence-electron chi connectivity index (χ0n) is 17.7. The molecule has 1 aliphatic rings. The highest BCUT2D eigenvalue weighted by Crippen LogP contribution is 2.27. The third-order valence-electron chi connectivity index (χ3n) is 5.84. The Bertz CT molecular complexity index is 1190. The van der Waals surface area contributed by atoms with Crippen LogP contribution in [0.4, 0.5) is 4.79 Å². The van der Waals surface area contributed by atoms with E-state index in [1.165, 1.54) is 10.5 Å². The first-order valence-corrected chi connectivity index (χ1v) is 12.2. The number of carboxylic acid groups (broad SMARTS) is 1. The van der Waals surface area contributed by atoms with Crippen LogP contribution < -0.4 is 10.0 Å². The van der Waals surface area contributed by atoms with Crippen LogP contribution in [0.5, 0.6) is 0 Å². The average Bonchev–Trinajstić information content (AvgIpc) is 2.80. The first kappa shape index (κ1) is 22.3. The van der Waals surface area contributed by atoms with Crippen molar-refractivity contribution in [2.45, 2.75) is 36.9 Å². The van der Waals surface area contributed by atoms with Crippen LogP contribution in [0.25, 0.3) is 10.8 Å². The van der Waals surface area contributed by atoms with Gasteiger partial charge in [0, 0.05) is 37.6 Å². The van der Waals surface area contributed by atoms with E-state index in [2.05, 4.69) is 22.2 Å². The van der Waals surface area contributed by atoms with E-state index in [1.54, 1.807) is 6.07 Å². The maximum atomic E-state index is 13.2. The Balaban J connectivity index is 1.50. The molecule has 3 aromatic carbocycles. The molecule has 7 nitrogen and oxygen atoms in total. The highest BCUT2D eigenvalue weighted by atomic mass is 32.2. The zero-order valence-corrected chi connectivity index (χ0v) is 18.5. The Hall–Kier alpha value is -2.94. The van der Waals surface area contributed by atoms with Crippen molar-refractivity contribution in [1.29, 1.82) is 0 Å². The van der Waals surface area contributed by atoms with E-state index < -0.39 is 16.1 Å². The Morgan fingerprint density at radius 3 is 2.25 bits per heavy atom. The standard InChI is InChI=1S/C24H27N3O4S/c28-24(29)27-14-12-20(13-15-27)26-32(30,31)23-11-10-19(21-8-4-5-9-22(21)23)17-25-16-18-6-2-1-3-7-18/h1-11,20,25-26H,12-17H2,(H,28,29). The lowest BCUT2D eigenvalue weighted by Crippen LogP contribution is -2.46. The normalized spacial score (nSPS) is 15.2. The number of likely N-dealkylation sites (tertiary alicyclic amines) is 1. The minimum absolute atomic E-state index is 0.251. The number of benzene rings is 3. The summed E-state index contributed by atoms with van der Waals surface area (Å²) in [7, 11) is -3.74. The van der Waals surface area contributed by atoms with Crippen molar-refractivity contribution in [3.8, 4) is 0 Å². The lowest BCUT2D eigenvalue weighted by Gasteiger charge is -2.30. The number of hydrogen-bond acceptors (Lipinski definition) is 4. The number of rotatable bonds is 7. The summed E-state index contributed by atoms with van der Waals surface area (Å²) in [6.45, 7) is 2.01. The number of hydrogen-bond donors (Lipinski definition) is 3. The van der Waals surface area contributed by atoms with Crippen LogP contribution in [-0.2, 0) is 23.1 Å². The highest BCUT2D eigenvalue weighted by Gasteiger charge is 2.27. The predicted octanol–water partition coefficient (Wildman–Crippen LogP) is 3.55. The largest absolute Gasteiger partial charge is 0.465 e. The van der Waals surface area contributed by atoms with E-state index in [9.17, 15) is 13.2 Å². The third kappa shape index (κ3) is 5.09. The maximum absolute atomic E-state index is 13.2. The first-order chi connectivity index (χ1) is 15.4. The van der Waals surface area contributed by atoms with Gasteiger partial charge in [0.25, 0.3) is 0 Å². The summed E-state index contributed by atoms with van der Waals surface area (Å²) in [6.07, 6.45) is -0.0376. The monoisotopic (exact) mass is 453 g/mol. The molecule has 0 bridgehead atoms. The smallest absolute Gasteiger partial charge is 0.407 e. The molecule has 0 spiro atoms. The number of sulfonamides is 1. The molecule has 1 aliphatic heterocycles. The number of piperidine rings is 1. The molecule has 8 heteroatoms. The third-order valence-corrected chi connectivity index (χ3v) is 7.42. The lowest BCUT2D eigenvalue weighted by molar-refractivity contribution is 0.131. The van der Waals surface area contributed by atoms with Crippen molar-refractivity contribution in [2.75, 3.05) is 13.1 Å². The van der Waals surface area contributed by atoms with Crippen molar-refractivity contribution in [2.24, 2.45) is 0 Å². The molecule has 4 rings (SSSR count). The van der Waals surface area contributed by atoms with Gasteiger partial charge in [0.1, 0.15) is 0 Å². The van der Waals surface area contributed by atoms with Gasteiger partial charge in [-0.05, 0) is 35.4 Å². The minimum Gasteiger partial charge on any atom is -0.465 e. The lowest BCUT2D eigenvalue weighted by atomic mass is 10.0. The summed E-state index contributed by atoms with van der Waals surface area (Å²) >= 11 is 0. The number of nitrogens with zero attached hydrogens (tertiary/aromatic N) is 1. The van der Waals surface area contributed by atoms with Gasteiger partial charge >= 0.3 is 6.09 Å². The Labute approximate surface area is 188 Å². The molecule has 3 N–H and O–H groups in total. The molecule has 168 valence electrons. The van der Waals surface area contributed by atoms with Gasteiger partial charge in [-0.2, -0.15) is 0 Å². The highest BCUT2D eigenvalue weighted by molar-refractivity contribution is 7.89. The summed E-state index contributed by atoms with van der Waals surface area (Å²) in [5.41, 5.74) is 2.22. The molecule has 1 heterocycles. The number of amides is 1. The van der Waals surface area contributed by atoms with E-state index in [0.29, 0.717) is 37.9 Å². The fourth-order valence-electron chi connectivity index (χ4n) is 4.13. The second-order valence-corrected chi connectivity index (χ2v) is 9.71. The molecule has 0 radical (unpaired) electrons. The molecule has 0 saturated carbocycles. The van der Waals surface area contributed by atoms with Crippen molar-refractivity contribution in [3.63, 3.8) is 0 Å². The van der Waals surface area contributed by atoms with Crippen LogP contribution in [-0.4, -0.2) is 43.6 Å². The molecule has 32 heavy (non-hydrogen) atoms. The van der Waals surface area contributed by atoms with Crippen LogP contribution >= 0.6 is 0 Å². The molecule has 0 unspecified atom stereocenters. The van der Waals surface area contributed by atoms with E-state index in [4.69, 9.17) is 5.11 Å². The maximum Gasteiger partial charge on any atom is 0.407 e. The fraction of sp³-hybridized carbons (Fsp3) is 0.292. The number of carbonyl (C=O) groups is 1. The molecule has 1 saturated heterocycles. The topological polar surface area (TPSA) is 98.7 Å². The second kappa shape index (κ2) is 9.68. The van der Waals surface area contributed by atoms with Gasteiger partial charge in [0.15, 0.2) is 0 Å².